The third-order valence-electron chi connectivity index (χ3n) is 5.99. The molecule has 0 radical (unpaired) electrons. The monoisotopic (exact) mass is 403 g/mol. The first-order valence-corrected chi connectivity index (χ1v) is 10.7. The van der Waals surface area contributed by atoms with Crippen LogP contribution in [0.25, 0.3) is 0 Å². The molecule has 3 amide bonds. The average molecular weight is 404 g/mol. The molecule has 1 saturated heterocycles. The Morgan fingerprint density at radius 2 is 1.79 bits per heavy atom. The summed E-state index contributed by atoms with van der Waals surface area (Å²) in [4.78, 5) is 27.9. The van der Waals surface area contributed by atoms with E-state index in [9.17, 15) is 9.59 Å². The van der Waals surface area contributed by atoms with Crippen LogP contribution in [0.5, 0.6) is 11.5 Å². The van der Waals surface area contributed by atoms with Crippen LogP contribution >= 0.6 is 0 Å². The lowest BCUT2D eigenvalue weighted by molar-refractivity contribution is -0.127. The minimum atomic E-state index is -0.152. The molecule has 1 aliphatic heterocycles. The lowest BCUT2D eigenvalue weighted by Gasteiger charge is -2.39. The molecule has 160 valence electrons. The summed E-state index contributed by atoms with van der Waals surface area (Å²) in [5, 5.41) is 6.09. The fourth-order valence-corrected chi connectivity index (χ4v) is 4.42. The van der Waals surface area contributed by atoms with Crippen molar-refractivity contribution in [2.45, 2.75) is 57.4 Å². The zero-order valence-electron chi connectivity index (χ0n) is 17.5. The molecule has 0 aromatic heterocycles. The summed E-state index contributed by atoms with van der Waals surface area (Å²) in [6, 6.07) is 5.13. The average Bonchev–Trinajstić information content (AvgIpc) is 2.78. The minimum absolute atomic E-state index is 0.0537. The van der Waals surface area contributed by atoms with Crippen LogP contribution in [0.15, 0.2) is 18.2 Å². The SMILES string of the molecule is COc1ccc(NC(=O)N2CCCCCCNC(=O)C3CCCCC32)cc1OC. The van der Waals surface area contributed by atoms with Crippen LogP contribution in [0.4, 0.5) is 10.5 Å². The zero-order valence-corrected chi connectivity index (χ0v) is 17.5. The number of benzene rings is 1. The summed E-state index contributed by atoms with van der Waals surface area (Å²) < 4.78 is 10.6. The first-order chi connectivity index (χ1) is 14.1. The van der Waals surface area contributed by atoms with Crippen molar-refractivity contribution in [2.24, 2.45) is 5.92 Å². The van der Waals surface area contributed by atoms with Gasteiger partial charge in [-0.3, -0.25) is 4.79 Å². The van der Waals surface area contributed by atoms with E-state index >= 15 is 0 Å². The van der Waals surface area contributed by atoms with Crippen molar-refractivity contribution >= 4 is 17.6 Å². The predicted octanol–water partition coefficient (Wildman–Crippen LogP) is 3.79. The molecule has 7 heteroatoms. The van der Waals surface area contributed by atoms with Gasteiger partial charge in [-0.2, -0.15) is 0 Å². The van der Waals surface area contributed by atoms with Crippen LogP contribution in [-0.2, 0) is 4.79 Å². The molecule has 7 nitrogen and oxygen atoms in total. The second-order valence-electron chi connectivity index (χ2n) is 7.86. The highest BCUT2D eigenvalue weighted by Gasteiger charge is 2.37. The Morgan fingerprint density at radius 1 is 1.03 bits per heavy atom. The van der Waals surface area contributed by atoms with E-state index in [0.29, 0.717) is 23.7 Å². The van der Waals surface area contributed by atoms with E-state index in [1.165, 1.54) is 0 Å². The van der Waals surface area contributed by atoms with E-state index in [0.717, 1.165) is 57.9 Å². The number of nitrogens with zero attached hydrogens (tertiary/aromatic N) is 1. The first kappa shape index (κ1) is 21.3. The quantitative estimate of drug-likeness (QED) is 0.805. The van der Waals surface area contributed by atoms with E-state index in [1.807, 2.05) is 4.90 Å². The van der Waals surface area contributed by atoms with Gasteiger partial charge in [-0.15, -0.1) is 0 Å². The smallest absolute Gasteiger partial charge is 0.322 e. The Balaban J connectivity index is 1.80. The number of hydrogen-bond donors (Lipinski definition) is 2. The van der Waals surface area contributed by atoms with Gasteiger partial charge in [-0.25, -0.2) is 4.79 Å². The number of carbonyl (C=O) groups is 2. The predicted molar refractivity (Wildman–Crippen MR) is 112 cm³/mol. The maximum atomic E-state index is 13.2. The number of urea groups is 1. The van der Waals surface area contributed by atoms with Gasteiger partial charge in [-0.05, 0) is 37.8 Å². The molecule has 1 aliphatic carbocycles. The van der Waals surface area contributed by atoms with Crippen LogP contribution < -0.4 is 20.1 Å². The standard InChI is InChI=1S/C22H33N3O4/c1-28-19-12-11-16(15-20(19)29-2)24-22(27)25-14-8-4-3-7-13-23-21(26)17-9-5-6-10-18(17)25/h11-12,15,17-18H,3-10,13-14H2,1-2H3,(H,23,26)(H,24,27). The normalized spacial score (nSPS) is 23.2. The van der Waals surface area contributed by atoms with Crippen LogP contribution in [0.2, 0.25) is 0 Å². The molecule has 1 heterocycles. The Hall–Kier alpha value is -2.44. The van der Waals surface area contributed by atoms with Crippen molar-refractivity contribution < 1.29 is 19.1 Å². The van der Waals surface area contributed by atoms with E-state index in [4.69, 9.17) is 9.47 Å². The Morgan fingerprint density at radius 3 is 2.59 bits per heavy atom. The van der Waals surface area contributed by atoms with Crippen LogP contribution in [0, 0.1) is 5.92 Å². The number of methoxy groups -OCH3 is 2. The first-order valence-electron chi connectivity index (χ1n) is 10.7. The van der Waals surface area contributed by atoms with E-state index in [2.05, 4.69) is 10.6 Å². The number of nitrogens with one attached hydrogen (secondary N) is 2. The molecule has 1 saturated carbocycles. The van der Waals surface area contributed by atoms with Gasteiger partial charge in [0, 0.05) is 30.9 Å². The summed E-state index contributed by atoms with van der Waals surface area (Å²) in [6.07, 6.45) is 7.90. The van der Waals surface area contributed by atoms with Crippen molar-refractivity contribution in [1.29, 1.82) is 0 Å². The van der Waals surface area contributed by atoms with Gasteiger partial charge in [0.25, 0.3) is 0 Å². The number of anilines is 1. The van der Waals surface area contributed by atoms with E-state index in [1.54, 1.807) is 32.4 Å². The maximum Gasteiger partial charge on any atom is 0.322 e. The van der Waals surface area contributed by atoms with Gasteiger partial charge < -0.3 is 25.0 Å². The number of ether oxygens (including phenoxy) is 2. The molecule has 29 heavy (non-hydrogen) atoms. The Labute approximate surface area is 173 Å². The molecule has 2 N–H and O–H groups in total. The molecular formula is C22H33N3O4. The highest BCUT2D eigenvalue weighted by atomic mass is 16.5. The molecule has 2 unspecified atom stereocenters. The van der Waals surface area contributed by atoms with E-state index < -0.39 is 0 Å². The largest absolute Gasteiger partial charge is 0.493 e. The third kappa shape index (κ3) is 5.34. The molecular weight excluding hydrogens is 370 g/mol. The number of fused-ring (bicyclic) bond motifs is 1. The highest BCUT2D eigenvalue weighted by Crippen LogP contribution is 2.32. The minimum Gasteiger partial charge on any atom is -0.493 e. The lowest BCUT2D eigenvalue weighted by Crippen LogP contribution is -2.52. The Kier molecular flexibility index (Phi) is 7.61. The zero-order chi connectivity index (χ0) is 20.6. The molecule has 3 rings (SSSR count). The summed E-state index contributed by atoms with van der Waals surface area (Å²) in [7, 11) is 3.15. The van der Waals surface area contributed by atoms with Gasteiger partial charge >= 0.3 is 6.03 Å². The van der Waals surface area contributed by atoms with Gasteiger partial charge in [0.05, 0.1) is 20.1 Å². The number of hydrogen-bond acceptors (Lipinski definition) is 4. The second kappa shape index (κ2) is 10.4. The van der Waals surface area contributed by atoms with E-state index in [-0.39, 0.29) is 23.9 Å². The maximum absolute atomic E-state index is 13.2. The highest BCUT2D eigenvalue weighted by molar-refractivity contribution is 5.90. The number of amides is 3. The van der Waals surface area contributed by atoms with Crippen LogP contribution in [-0.4, -0.2) is 50.2 Å². The van der Waals surface area contributed by atoms with Gasteiger partial charge in [0.1, 0.15) is 0 Å². The summed E-state index contributed by atoms with van der Waals surface area (Å²) >= 11 is 0. The molecule has 1 aromatic carbocycles. The number of carbonyl (C=O) groups excluding carboxylic acids is 2. The summed E-state index contributed by atoms with van der Waals surface area (Å²) in [6.45, 7) is 1.41. The molecule has 2 atom stereocenters. The molecule has 2 fully saturated rings. The Bertz CT molecular complexity index is 709. The third-order valence-corrected chi connectivity index (χ3v) is 5.99. The fourth-order valence-electron chi connectivity index (χ4n) is 4.42. The molecule has 0 spiro atoms. The summed E-state index contributed by atoms with van der Waals surface area (Å²) in [5.74, 6) is 1.15. The topological polar surface area (TPSA) is 79.9 Å². The second-order valence-corrected chi connectivity index (χ2v) is 7.86. The van der Waals surface area contributed by atoms with Crippen molar-refractivity contribution in [3.8, 4) is 11.5 Å². The van der Waals surface area contributed by atoms with Crippen molar-refractivity contribution in [3.05, 3.63) is 18.2 Å². The molecule has 0 bridgehead atoms. The molecule has 2 aliphatic rings. The fraction of sp³-hybridized carbons (Fsp3) is 0.636. The number of rotatable bonds is 3. The van der Waals surface area contributed by atoms with Crippen molar-refractivity contribution in [2.75, 3.05) is 32.6 Å². The van der Waals surface area contributed by atoms with Gasteiger partial charge in [0.2, 0.25) is 5.91 Å². The lowest BCUT2D eigenvalue weighted by atomic mass is 9.82. The van der Waals surface area contributed by atoms with Crippen molar-refractivity contribution in [1.82, 2.24) is 10.2 Å². The van der Waals surface area contributed by atoms with Gasteiger partial charge in [0.15, 0.2) is 11.5 Å². The molecule has 1 aromatic rings. The van der Waals surface area contributed by atoms with Crippen LogP contribution in [0.1, 0.15) is 51.4 Å². The van der Waals surface area contributed by atoms with Crippen molar-refractivity contribution in [3.63, 3.8) is 0 Å². The van der Waals surface area contributed by atoms with Crippen LogP contribution in [0.3, 0.4) is 0 Å². The van der Waals surface area contributed by atoms with Gasteiger partial charge in [-0.1, -0.05) is 25.7 Å². The summed E-state index contributed by atoms with van der Waals surface area (Å²) in [5.41, 5.74) is 0.652.